The van der Waals surface area contributed by atoms with Crippen LogP contribution in [0.25, 0.3) is 0 Å². The normalized spacial score (nSPS) is 12.3. The van der Waals surface area contributed by atoms with Gasteiger partial charge in [-0.2, -0.15) is 0 Å². The number of Topliss-reactive ketones (excluding diaryl/α,β-unsaturated/α-hetero) is 1. The maximum atomic E-state index is 12.3. The lowest BCUT2D eigenvalue weighted by molar-refractivity contribution is -0.140. The van der Waals surface area contributed by atoms with E-state index < -0.39 is 17.9 Å². The number of aryl methyl sites for hydroxylation is 1. The standard InChI is InChI=1S/C15H22N2O4/c1-6-10-11(9(5)18)8(4)16-13(10)14(19)17-12(7(2)3)15(20)21/h7,12,16H,6H2,1-5H3,(H,17,19)(H,20,21)/t12-/m0/s1. The Labute approximate surface area is 123 Å². The van der Waals surface area contributed by atoms with E-state index >= 15 is 0 Å². The second-order valence-corrected chi connectivity index (χ2v) is 5.42. The molecule has 1 aromatic heterocycles. The number of hydrogen-bond acceptors (Lipinski definition) is 3. The predicted octanol–water partition coefficient (Wildman–Crippen LogP) is 1.93. The molecule has 6 nitrogen and oxygen atoms in total. The Balaban J connectivity index is 3.16. The molecule has 0 unspecified atom stereocenters. The Bertz CT molecular complexity index is 572. The number of aromatic amines is 1. The van der Waals surface area contributed by atoms with E-state index in [4.69, 9.17) is 5.11 Å². The summed E-state index contributed by atoms with van der Waals surface area (Å²) in [6, 6.07) is -0.966. The molecule has 0 bridgehead atoms. The molecule has 0 aliphatic rings. The average molecular weight is 294 g/mol. The molecule has 0 radical (unpaired) electrons. The van der Waals surface area contributed by atoms with E-state index in [1.54, 1.807) is 20.8 Å². The molecule has 0 saturated carbocycles. The van der Waals surface area contributed by atoms with Crippen LogP contribution in [-0.4, -0.2) is 33.8 Å². The minimum atomic E-state index is -1.08. The first-order valence-electron chi connectivity index (χ1n) is 6.96. The highest BCUT2D eigenvalue weighted by atomic mass is 16.4. The fraction of sp³-hybridized carbons (Fsp3) is 0.533. The fourth-order valence-corrected chi connectivity index (χ4v) is 2.43. The number of carboxylic acids is 1. The summed E-state index contributed by atoms with van der Waals surface area (Å²) in [5.74, 6) is -1.92. The summed E-state index contributed by atoms with van der Waals surface area (Å²) in [7, 11) is 0. The van der Waals surface area contributed by atoms with Crippen molar-refractivity contribution in [2.24, 2.45) is 5.92 Å². The zero-order chi connectivity index (χ0) is 16.3. The Morgan fingerprint density at radius 3 is 2.24 bits per heavy atom. The van der Waals surface area contributed by atoms with Gasteiger partial charge in [-0.15, -0.1) is 0 Å². The maximum Gasteiger partial charge on any atom is 0.326 e. The summed E-state index contributed by atoms with van der Waals surface area (Å²) in [5.41, 5.74) is 2.04. The van der Waals surface area contributed by atoms with E-state index in [1.165, 1.54) is 6.92 Å². The van der Waals surface area contributed by atoms with Gasteiger partial charge in [0.25, 0.3) is 5.91 Å². The highest BCUT2D eigenvalue weighted by molar-refractivity contribution is 6.03. The van der Waals surface area contributed by atoms with Gasteiger partial charge in [0.05, 0.1) is 0 Å². The van der Waals surface area contributed by atoms with Crippen LogP contribution < -0.4 is 5.32 Å². The summed E-state index contributed by atoms with van der Waals surface area (Å²) < 4.78 is 0. The largest absolute Gasteiger partial charge is 0.480 e. The van der Waals surface area contributed by atoms with Crippen LogP contribution in [-0.2, 0) is 11.2 Å². The van der Waals surface area contributed by atoms with Crippen molar-refractivity contribution in [3.8, 4) is 0 Å². The van der Waals surface area contributed by atoms with Crippen LogP contribution in [0.5, 0.6) is 0 Å². The molecule has 0 aliphatic heterocycles. The number of carbonyl (C=O) groups excluding carboxylic acids is 2. The highest BCUT2D eigenvalue weighted by Crippen LogP contribution is 2.20. The first kappa shape index (κ1) is 16.9. The number of amides is 1. The van der Waals surface area contributed by atoms with E-state index in [0.29, 0.717) is 23.2 Å². The number of ketones is 1. The first-order valence-corrected chi connectivity index (χ1v) is 6.96. The zero-order valence-electron chi connectivity index (χ0n) is 13.0. The molecule has 0 fully saturated rings. The molecule has 1 atom stereocenters. The third-order valence-corrected chi connectivity index (χ3v) is 3.44. The second kappa shape index (κ2) is 6.56. The Morgan fingerprint density at radius 2 is 1.86 bits per heavy atom. The molecule has 1 rings (SSSR count). The SMILES string of the molecule is CCc1c(C(=O)N[C@H](C(=O)O)C(C)C)[nH]c(C)c1C(C)=O. The molecule has 0 saturated heterocycles. The minimum absolute atomic E-state index is 0.113. The predicted molar refractivity (Wildman–Crippen MR) is 78.6 cm³/mol. The van der Waals surface area contributed by atoms with Crippen LogP contribution in [0.4, 0.5) is 0 Å². The number of aliphatic carboxylic acids is 1. The van der Waals surface area contributed by atoms with E-state index in [0.717, 1.165) is 0 Å². The Kier molecular flexibility index (Phi) is 5.29. The molecule has 1 aromatic rings. The van der Waals surface area contributed by atoms with E-state index in [1.807, 2.05) is 6.92 Å². The van der Waals surface area contributed by atoms with Crippen molar-refractivity contribution >= 4 is 17.7 Å². The summed E-state index contributed by atoms with van der Waals surface area (Å²) >= 11 is 0. The van der Waals surface area contributed by atoms with Gasteiger partial charge in [-0.25, -0.2) is 4.79 Å². The van der Waals surface area contributed by atoms with Gasteiger partial charge in [0, 0.05) is 11.3 Å². The summed E-state index contributed by atoms with van der Waals surface area (Å²) in [4.78, 5) is 38.1. The number of rotatable bonds is 6. The van der Waals surface area contributed by atoms with Crippen LogP contribution in [0, 0.1) is 12.8 Å². The van der Waals surface area contributed by atoms with Crippen LogP contribution in [0.2, 0.25) is 0 Å². The van der Waals surface area contributed by atoms with Crippen molar-refractivity contribution < 1.29 is 19.5 Å². The molecule has 0 spiro atoms. The zero-order valence-corrected chi connectivity index (χ0v) is 13.0. The van der Waals surface area contributed by atoms with Gasteiger partial charge in [-0.3, -0.25) is 9.59 Å². The molecular formula is C15H22N2O4. The summed E-state index contributed by atoms with van der Waals surface area (Å²) in [5, 5.41) is 11.6. The number of hydrogen-bond donors (Lipinski definition) is 3. The van der Waals surface area contributed by atoms with Gasteiger partial charge in [0.15, 0.2) is 5.78 Å². The van der Waals surface area contributed by atoms with Gasteiger partial charge < -0.3 is 15.4 Å². The first-order chi connectivity index (χ1) is 9.70. The topological polar surface area (TPSA) is 99.3 Å². The monoisotopic (exact) mass is 294 g/mol. The third kappa shape index (κ3) is 3.51. The average Bonchev–Trinajstić information content (AvgIpc) is 2.71. The van der Waals surface area contributed by atoms with Gasteiger partial charge >= 0.3 is 5.97 Å². The van der Waals surface area contributed by atoms with Crippen LogP contribution in [0.1, 0.15) is 59.8 Å². The fourth-order valence-electron chi connectivity index (χ4n) is 2.43. The number of aromatic nitrogens is 1. The third-order valence-electron chi connectivity index (χ3n) is 3.44. The van der Waals surface area contributed by atoms with Crippen molar-refractivity contribution in [3.63, 3.8) is 0 Å². The minimum Gasteiger partial charge on any atom is -0.480 e. The molecule has 116 valence electrons. The van der Waals surface area contributed by atoms with E-state index in [9.17, 15) is 14.4 Å². The van der Waals surface area contributed by atoms with Gasteiger partial charge in [0.1, 0.15) is 11.7 Å². The second-order valence-electron chi connectivity index (χ2n) is 5.42. The molecular weight excluding hydrogens is 272 g/mol. The number of H-pyrrole nitrogens is 1. The van der Waals surface area contributed by atoms with Crippen LogP contribution in [0.15, 0.2) is 0 Å². The lowest BCUT2D eigenvalue weighted by atomic mass is 10.0. The van der Waals surface area contributed by atoms with Crippen molar-refractivity contribution in [2.75, 3.05) is 0 Å². The molecule has 21 heavy (non-hydrogen) atoms. The van der Waals surface area contributed by atoms with Crippen LogP contribution in [0.3, 0.4) is 0 Å². The van der Waals surface area contributed by atoms with E-state index in [2.05, 4.69) is 10.3 Å². The number of carbonyl (C=O) groups is 3. The van der Waals surface area contributed by atoms with Gasteiger partial charge in [-0.1, -0.05) is 20.8 Å². The van der Waals surface area contributed by atoms with Crippen molar-refractivity contribution in [1.29, 1.82) is 0 Å². The number of nitrogens with one attached hydrogen (secondary N) is 2. The molecule has 0 aliphatic carbocycles. The summed E-state index contributed by atoms with van der Waals surface area (Å²) in [6.45, 7) is 8.47. The summed E-state index contributed by atoms with van der Waals surface area (Å²) in [6.07, 6.45) is 0.515. The highest BCUT2D eigenvalue weighted by Gasteiger charge is 2.27. The van der Waals surface area contributed by atoms with Crippen molar-refractivity contribution in [3.05, 3.63) is 22.5 Å². The molecule has 0 aromatic carbocycles. The smallest absolute Gasteiger partial charge is 0.326 e. The lowest BCUT2D eigenvalue weighted by Crippen LogP contribution is -2.44. The molecule has 6 heteroatoms. The van der Waals surface area contributed by atoms with Crippen LogP contribution >= 0.6 is 0 Å². The van der Waals surface area contributed by atoms with E-state index in [-0.39, 0.29) is 17.4 Å². The molecule has 1 amide bonds. The lowest BCUT2D eigenvalue weighted by Gasteiger charge is -2.17. The number of carboxylic acid groups (broad SMARTS) is 1. The molecule has 3 N–H and O–H groups in total. The quantitative estimate of drug-likeness (QED) is 0.698. The van der Waals surface area contributed by atoms with Gasteiger partial charge in [-0.05, 0) is 31.7 Å². The maximum absolute atomic E-state index is 12.3. The van der Waals surface area contributed by atoms with Crippen molar-refractivity contribution in [2.45, 2.75) is 47.1 Å². The Hall–Kier alpha value is -2.11. The molecule has 1 heterocycles. The Morgan fingerprint density at radius 1 is 1.29 bits per heavy atom. The van der Waals surface area contributed by atoms with Gasteiger partial charge in [0.2, 0.25) is 0 Å². The van der Waals surface area contributed by atoms with Crippen molar-refractivity contribution in [1.82, 2.24) is 10.3 Å².